The summed E-state index contributed by atoms with van der Waals surface area (Å²) in [6.45, 7) is 0. The van der Waals surface area contributed by atoms with Crippen LogP contribution in [0, 0.1) is 0 Å². The number of hydrogen-bond donors (Lipinski definition) is 4. The smallest absolute Gasteiger partial charge is 0.450 e. The first-order chi connectivity index (χ1) is 3.46. The monoisotopic (exact) mass is 352 g/mol. The van der Waals surface area contributed by atoms with Crippen LogP contribution in [0.15, 0.2) is 0 Å². The minimum absolute atomic E-state index is 0. The van der Waals surface area contributed by atoms with Crippen molar-refractivity contribution >= 4 is 12.3 Å². The van der Waals surface area contributed by atoms with Crippen LogP contribution in [0.1, 0.15) is 0 Å². The van der Waals surface area contributed by atoms with Crippen LogP contribution in [0.4, 0.5) is 9.59 Å². The molecule has 6 nitrogen and oxygen atoms in total. The van der Waals surface area contributed by atoms with Gasteiger partial charge in [0.25, 0.3) is 0 Å². The Kier molecular flexibility index (Phi) is 36.3. The first-order valence-corrected chi connectivity index (χ1v) is 1.30. The van der Waals surface area contributed by atoms with Crippen molar-refractivity contribution in [3.05, 3.63) is 0 Å². The van der Waals surface area contributed by atoms with Gasteiger partial charge >= 0.3 is 12.3 Å². The van der Waals surface area contributed by atoms with Crippen molar-refractivity contribution in [2.24, 2.45) is 0 Å². The zero-order valence-corrected chi connectivity index (χ0v) is 13.1. The van der Waals surface area contributed by atoms with E-state index in [2.05, 4.69) is 0 Å². The molecule has 0 aromatic carbocycles. The van der Waals surface area contributed by atoms with Crippen molar-refractivity contribution in [2.45, 2.75) is 0 Å². The maximum atomic E-state index is 8.56. The summed E-state index contributed by atoms with van der Waals surface area (Å²) in [5.41, 5.74) is 0. The van der Waals surface area contributed by atoms with Crippen molar-refractivity contribution < 1.29 is 84.6 Å². The maximum Gasteiger partial charge on any atom is 0.503 e. The normalized spacial score (nSPS) is 4.80. The van der Waals surface area contributed by atoms with Gasteiger partial charge in [-0.2, -0.15) is 0 Å². The molecule has 0 aliphatic heterocycles. The van der Waals surface area contributed by atoms with E-state index in [1.54, 1.807) is 0 Å². The van der Waals surface area contributed by atoms with Crippen molar-refractivity contribution in [1.29, 1.82) is 0 Å². The van der Waals surface area contributed by atoms with Gasteiger partial charge in [-0.1, -0.05) is 0 Å². The minimum atomic E-state index is -1.83. The van der Waals surface area contributed by atoms with E-state index in [0.717, 1.165) is 0 Å². The Morgan fingerprint density at radius 1 is 0.700 bits per heavy atom. The Bertz CT molecular complexity index is 71.7. The Morgan fingerprint density at radius 2 is 0.700 bits per heavy atom. The SMILES string of the molecule is O=C(O)O.O=C(O)O.[Cd].[Cd]. The summed E-state index contributed by atoms with van der Waals surface area (Å²) in [4.78, 5) is 17.1. The summed E-state index contributed by atoms with van der Waals surface area (Å²) >= 11 is 0. The molecule has 0 rings (SSSR count). The molecule has 0 spiro atoms. The van der Waals surface area contributed by atoms with E-state index in [4.69, 9.17) is 30.0 Å². The number of carbonyl (C=O) groups is 2. The summed E-state index contributed by atoms with van der Waals surface area (Å²) in [5, 5.41) is 27.9. The third-order valence-electron chi connectivity index (χ3n) is 0. The molecule has 0 saturated heterocycles. The number of hydrogen-bond acceptors (Lipinski definition) is 2. The summed E-state index contributed by atoms with van der Waals surface area (Å²) in [6, 6.07) is 0. The molecule has 10 heavy (non-hydrogen) atoms. The summed E-state index contributed by atoms with van der Waals surface area (Å²) in [6.07, 6.45) is -3.67. The second-order valence-electron chi connectivity index (χ2n) is 0.565. The molecular weight excluding hydrogens is 345 g/mol. The van der Waals surface area contributed by atoms with Gasteiger partial charge in [0.2, 0.25) is 0 Å². The second kappa shape index (κ2) is 16.2. The van der Waals surface area contributed by atoms with Gasteiger partial charge in [0.15, 0.2) is 0 Å². The summed E-state index contributed by atoms with van der Waals surface area (Å²) in [7, 11) is 0. The molecule has 0 aliphatic carbocycles. The van der Waals surface area contributed by atoms with Gasteiger partial charge in [0, 0.05) is 54.6 Å². The van der Waals surface area contributed by atoms with E-state index < -0.39 is 12.3 Å². The van der Waals surface area contributed by atoms with Crippen LogP contribution in [0.25, 0.3) is 0 Å². The molecule has 0 heterocycles. The van der Waals surface area contributed by atoms with E-state index in [0.29, 0.717) is 0 Å². The first kappa shape index (κ1) is 22.4. The average Bonchev–Trinajstić information content (AvgIpc) is 1.25. The van der Waals surface area contributed by atoms with Crippen molar-refractivity contribution in [3.8, 4) is 0 Å². The molecule has 0 atom stereocenters. The van der Waals surface area contributed by atoms with Gasteiger partial charge in [0.05, 0.1) is 0 Å². The number of carboxylic acid groups (broad SMARTS) is 4. The average molecular weight is 349 g/mol. The summed E-state index contributed by atoms with van der Waals surface area (Å²) in [5.74, 6) is 0. The van der Waals surface area contributed by atoms with Crippen LogP contribution in [0.5, 0.6) is 0 Å². The fourth-order valence-electron chi connectivity index (χ4n) is 0. The van der Waals surface area contributed by atoms with E-state index in [9.17, 15) is 0 Å². The van der Waals surface area contributed by atoms with E-state index >= 15 is 0 Å². The zero-order valence-electron chi connectivity index (χ0n) is 5.02. The van der Waals surface area contributed by atoms with Crippen molar-refractivity contribution in [1.82, 2.24) is 0 Å². The topological polar surface area (TPSA) is 115 Å². The quantitative estimate of drug-likeness (QED) is 0.472. The fraction of sp³-hybridized carbons (Fsp3) is 0. The molecule has 0 aromatic rings. The van der Waals surface area contributed by atoms with Crippen LogP contribution >= 0.6 is 0 Å². The predicted octanol–water partition coefficient (Wildman–Crippen LogP) is 0.440. The molecule has 52 valence electrons. The van der Waals surface area contributed by atoms with Gasteiger partial charge in [-0.05, 0) is 0 Å². The van der Waals surface area contributed by atoms with Crippen LogP contribution < -0.4 is 0 Å². The van der Waals surface area contributed by atoms with Crippen LogP contribution in [0.2, 0.25) is 0 Å². The number of rotatable bonds is 0. The molecule has 0 fully saturated rings. The Labute approximate surface area is 96.2 Å². The van der Waals surface area contributed by atoms with Crippen molar-refractivity contribution in [2.75, 3.05) is 0 Å². The van der Waals surface area contributed by atoms with Gasteiger partial charge in [-0.15, -0.1) is 0 Å². The summed E-state index contributed by atoms with van der Waals surface area (Å²) < 4.78 is 0. The Hall–Kier alpha value is 0.384. The third kappa shape index (κ3) is 3100. The van der Waals surface area contributed by atoms with Gasteiger partial charge in [0.1, 0.15) is 0 Å². The molecule has 0 amide bonds. The fourth-order valence-corrected chi connectivity index (χ4v) is 0. The third-order valence-corrected chi connectivity index (χ3v) is 0. The standard InChI is InChI=1S/2CH2O3.2Cd/c2*2-1(3)4;;/h2*(H2,2,3,4);;. The van der Waals surface area contributed by atoms with Crippen LogP contribution in [-0.4, -0.2) is 32.7 Å². The van der Waals surface area contributed by atoms with Crippen LogP contribution in [0.3, 0.4) is 0 Å². The van der Waals surface area contributed by atoms with Gasteiger partial charge < -0.3 is 20.4 Å². The van der Waals surface area contributed by atoms with Gasteiger partial charge in [-0.25, -0.2) is 9.59 Å². The first-order valence-electron chi connectivity index (χ1n) is 1.30. The minimum Gasteiger partial charge on any atom is -0.450 e. The molecule has 0 unspecified atom stereocenters. The molecular formula is C2H4Cd2O6. The molecule has 8 heteroatoms. The zero-order chi connectivity index (χ0) is 7.15. The second-order valence-corrected chi connectivity index (χ2v) is 0.565. The maximum absolute atomic E-state index is 8.56. The van der Waals surface area contributed by atoms with E-state index in [1.165, 1.54) is 0 Å². The van der Waals surface area contributed by atoms with Crippen LogP contribution in [-0.2, 0) is 54.6 Å². The van der Waals surface area contributed by atoms with Gasteiger partial charge in [-0.3, -0.25) is 0 Å². The largest absolute Gasteiger partial charge is 0.503 e. The molecule has 0 bridgehead atoms. The predicted molar refractivity (Wildman–Crippen MR) is 21.3 cm³/mol. The Balaban J connectivity index is -0.0000000300. The molecule has 0 radical (unpaired) electrons. The molecule has 4 N–H and O–H groups in total. The van der Waals surface area contributed by atoms with E-state index in [1.807, 2.05) is 0 Å². The Morgan fingerprint density at radius 3 is 0.700 bits per heavy atom. The molecule has 0 aliphatic rings. The molecule has 0 saturated carbocycles. The van der Waals surface area contributed by atoms with Crippen molar-refractivity contribution in [3.63, 3.8) is 0 Å². The van der Waals surface area contributed by atoms with E-state index in [-0.39, 0.29) is 54.6 Å². The molecule has 0 aromatic heterocycles.